The summed E-state index contributed by atoms with van der Waals surface area (Å²) in [5.74, 6) is 0. The summed E-state index contributed by atoms with van der Waals surface area (Å²) in [6.07, 6.45) is -0.754. The van der Waals surface area contributed by atoms with Gasteiger partial charge in [0.05, 0.1) is 25.4 Å². The molecule has 3 heterocycles. The SMILES string of the molecule is OC[C@@H]1C[C@H](O)[C@H]2N=C(N3CC[C@@H](F)C3)S[C@H]2O1. The lowest BCUT2D eigenvalue weighted by Crippen LogP contribution is -2.45. The topological polar surface area (TPSA) is 65.3 Å². The molecule has 5 nitrogen and oxygen atoms in total. The lowest BCUT2D eigenvalue weighted by atomic mass is 10.0. The molecule has 0 aromatic rings. The molecule has 2 fully saturated rings. The van der Waals surface area contributed by atoms with Crippen molar-refractivity contribution < 1.29 is 19.3 Å². The minimum absolute atomic E-state index is 0.0908. The second-order valence-electron chi connectivity index (χ2n) is 4.96. The summed E-state index contributed by atoms with van der Waals surface area (Å²) >= 11 is 1.43. The van der Waals surface area contributed by atoms with Crippen LogP contribution in [0.1, 0.15) is 12.8 Å². The van der Waals surface area contributed by atoms with Crippen LogP contribution in [0.4, 0.5) is 4.39 Å². The fourth-order valence-electron chi connectivity index (χ4n) is 2.59. The van der Waals surface area contributed by atoms with E-state index >= 15 is 0 Å². The number of fused-ring (bicyclic) bond motifs is 1. The smallest absolute Gasteiger partial charge is 0.162 e. The summed E-state index contributed by atoms with van der Waals surface area (Å²) in [7, 11) is 0. The third kappa shape index (κ3) is 2.24. The van der Waals surface area contributed by atoms with Crippen LogP contribution in [-0.2, 0) is 4.74 Å². The lowest BCUT2D eigenvalue weighted by molar-refractivity contribution is -0.0875. The maximum atomic E-state index is 13.2. The Morgan fingerprint density at radius 1 is 1.56 bits per heavy atom. The quantitative estimate of drug-likeness (QED) is 0.704. The van der Waals surface area contributed by atoms with Crippen LogP contribution in [0.3, 0.4) is 0 Å². The molecule has 3 aliphatic rings. The molecule has 0 unspecified atom stereocenters. The minimum atomic E-state index is -0.785. The number of aliphatic hydroxyl groups excluding tert-OH is 2. The average molecular weight is 276 g/mol. The predicted molar refractivity (Wildman–Crippen MR) is 66.3 cm³/mol. The molecule has 0 spiro atoms. The first-order valence-electron chi connectivity index (χ1n) is 6.25. The molecular weight excluding hydrogens is 259 g/mol. The highest BCUT2D eigenvalue weighted by Crippen LogP contribution is 2.38. The van der Waals surface area contributed by atoms with Gasteiger partial charge in [-0.1, -0.05) is 11.8 Å². The molecule has 0 saturated carbocycles. The molecule has 0 aromatic heterocycles. The summed E-state index contributed by atoms with van der Waals surface area (Å²) in [6, 6.07) is -0.286. The number of amidine groups is 1. The predicted octanol–water partition coefficient (Wildman–Crippen LogP) is -0.0302. The van der Waals surface area contributed by atoms with Crippen molar-refractivity contribution in [3.8, 4) is 0 Å². The average Bonchev–Trinajstić information content (AvgIpc) is 2.94. The van der Waals surface area contributed by atoms with Crippen molar-refractivity contribution in [2.24, 2.45) is 4.99 Å². The molecular formula is C11H17FN2O3S. The number of rotatable bonds is 1. The molecule has 3 rings (SSSR count). The fourth-order valence-corrected chi connectivity index (χ4v) is 3.89. The number of halogens is 1. The summed E-state index contributed by atoms with van der Waals surface area (Å²) in [5, 5.41) is 19.9. The Bertz CT molecular complexity index is 357. The van der Waals surface area contributed by atoms with Crippen LogP contribution in [-0.4, -0.2) is 69.8 Å². The summed E-state index contributed by atoms with van der Waals surface area (Å²) < 4.78 is 18.8. The van der Waals surface area contributed by atoms with E-state index in [1.165, 1.54) is 11.8 Å². The van der Waals surface area contributed by atoms with E-state index in [1.807, 2.05) is 4.90 Å². The highest BCUT2D eigenvalue weighted by Gasteiger charge is 2.44. The summed E-state index contributed by atoms with van der Waals surface area (Å²) in [4.78, 5) is 6.37. The van der Waals surface area contributed by atoms with Gasteiger partial charge in [0.25, 0.3) is 0 Å². The molecule has 18 heavy (non-hydrogen) atoms. The highest BCUT2D eigenvalue weighted by atomic mass is 32.2. The van der Waals surface area contributed by atoms with Crippen molar-refractivity contribution in [3.05, 3.63) is 0 Å². The third-order valence-electron chi connectivity index (χ3n) is 3.59. The summed E-state index contributed by atoms with van der Waals surface area (Å²) in [5.41, 5.74) is -0.250. The second-order valence-corrected chi connectivity index (χ2v) is 6.03. The number of nitrogens with zero attached hydrogens (tertiary/aromatic N) is 2. The molecule has 7 heteroatoms. The maximum Gasteiger partial charge on any atom is 0.162 e. The molecule has 0 aliphatic carbocycles. The first-order valence-corrected chi connectivity index (χ1v) is 7.13. The van der Waals surface area contributed by atoms with Crippen molar-refractivity contribution in [1.29, 1.82) is 0 Å². The number of aliphatic hydroxyl groups is 2. The number of thioether (sulfide) groups is 1. The number of hydrogen-bond donors (Lipinski definition) is 2. The van der Waals surface area contributed by atoms with E-state index in [1.54, 1.807) is 0 Å². The van der Waals surface area contributed by atoms with Crippen LogP contribution in [0, 0.1) is 0 Å². The van der Waals surface area contributed by atoms with Gasteiger partial charge in [-0.15, -0.1) is 0 Å². The Balaban J connectivity index is 1.68. The molecule has 2 saturated heterocycles. The van der Waals surface area contributed by atoms with Crippen LogP contribution in [0.25, 0.3) is 0 Å². The van der Waals surface area contributed by atoms with Gasteiger partial charge in [-0.2, -0.15) is 0 Å². The zero-order chi connectivity index (χ0) is 12.7. The number of ether oxygens (including phenoxy) is 1. The van der Waals surface area contributed by atoms with Crippen LogP contribution in [0.15, 0.2) is 4.99 Å². The normalized spacial score (nSPS) is 44.1. The number of aliphatic imine (C=N–C) groups is 1. The Hall–Kier alpha value is -0.370. The molecule has 2 N–H and O–H groups in total. The molecule has 0 radical (unpaired) electrons. The standard InChI is InChI=1S/C11H17FN2O3S/c12-6-1-2-14(4-6)11-13-9-8(16)3-7(5-15)17-10(9)18-11/h6-10,15-16H,1-5H2/t6-,7+,8+,9-,10-/m1/s1. The molecule has 5 atom stereocenters. The van der Waals surface area contributed by atoms with Crippen molar-refractivity contribution in [2.45, 2.75) is 42.7 Å². The molecule has 3 aliphatic heterocycles. The molecule has 0 aromatic carbocycles. The van der Waals surface area contributed by atoms with Gasteiger partial charge < -0.3 is 19.8 Å². The Labute approximate surface area is 109 Å². The van der Waals surface area contributed by atoms with Gasteiger partial charge in [-0.3, -0.25) is 4.99 Å². The van der Waals surface area contributed by atoms with Gasteiger partial charge >= 0.3 is 0 Å². The lowest BCUT2D eigenvalue weighted by Gasteiger charge is -2.33. The van der Waals surface area contributed by atoms with Gasteiger partial charge in [0.1, 0.15) is 17.6 Å². The van der Waals surface area contributed by atoms with E-state index in [9.17, 15) is 9.50 Å². The van der Waals surface area contributed by atoms with Crippen molar-refractivity contribution in [1.82, 2.24) is 4.90 Å². The largest absolute Gasteiger partial charge is 0.394 e. The van der Waals surface area contributed by atoms with E-state index in [-0.39, 0.29) is 24.2 Å². The highest BCUT2D eigenvalue weighted by molar-refractivity contribution is 8.14. The monoisotopic (exact) mass is 276 g/mol. The van der Waals surface area contributed by atoms with Gasteiger partial charge in [0.15, 0.2) is 5.17 Å². The zero-order valence-corrected chi connectivity index (χ0v) is 10.7. The van der Waals surface area contributed by atoms with E-state index in [2.05, 4.69) is 4.99 Å². The minimum Gasteiger partial charge on any atom is -0.394 e. The van der Waals surface area contributed by atoms with Gasteiger partial charge in [0, 0.05) is 13.0 Å². The Morgan fingerprint density at radius 2 is 2.39 bits per heavy atom. The Kier molecular flexibility index (Phi) is 3.48. The third-order valence-corrected chi connectivity index (χ3v) is 4.79. The number of likely N-dealkylation sites (tertiary alicyclic amines) is 1. The zero-order valence-electron chi connectivity index (χ0n) is 9.91. The van der Waals surface area contributed by atoms with Crippen LogP contribution in [0.2, 0.25) is 0 Å². The van der Waals surface area contributed by atoms with Gasteiger partial charge in [-0.05, 0) is 6.42 Å². The van der Waals surface area contributed by atoms with E-state index < -0.39 is 12.3 Å². The second kappa shape index (κ2) is 4.96. The van der Waals surface area contributed by atoms with E-state index in [4.69, 9.17) is 9.84 Å². The molecule has 0 amide bonds. The maximum absolute atomic E-state index is 13.2. The van der Waals surface area contributed by atoms with Crippen molar-refractivity contribution in [3.63, 3.8) is 0 Å². The van der Waals surface area contributed by atoms with Crippen LogP contribution >= 0.6 is 11.8 Å². The van der Waals surface area contributed by atoms with Crippen LogP contribution < -0.4 is 0 Å². The summed E-state index contributed by atoms with van der Waals surface area (Å²) in [6.45, 7) is 0.962. The molecule has 102 valence electrons. The van der Waals surface area contributed by atoms with Crippen LogP contribution in [0.5, 0.6) is 0 Å². The van der Waals surface area contributed by atoms with E-state index in [0.29, 0.717) is 25.9 Å². The van der Waals surface area contributed by atoms with Crippen molar-refractivity contribution in [2.75, 3.05) is 19.7 Å². The fraction of sp³-hybridized carbons (Fsp3) is 0.909. The van der Waals surface area contributed by atoms with Crippen molar-refractivity contribution >= 4 is 16.9 Å². The molecule has 0 bridgehead atoms. The first-order chi connectivity index (χ1) is 8.67. The Morgan fingerprint density at radius 3 is 3.06 bits per heavy atom. The van der Waals surface area contributed by atoms with E-state index in [0.717, 1.165) is 5.17 Å². The van der Waals surface area contributed by atoms with Gasteiger partial charge in [0.2, 0.25) is 0 Å². The number of hydrogen-bond acceptors (Lipinski definition) is 6. The first kappa shape index (κ1) is 12.7. The number of alkyl halides is 1. The van der Waals surface area contributed by atoms with Gasteiger partial charge in [-0.25, -0.2) is 4.39 Å².